The Morgan fingerprint density at radius 1 is 1.46 bits per heavy atom. The molecule has 0 bridgehead atoms. The number of rotatable bonds is 5. The van der Waals surface area contributed by atoms with E-state index in [1.807, 2.05) is 18.3 Å². The first kappa shape index (κ1) is 15.6. The summed E-state index contributed by atoms with van der Waals surface area (Å²) in [6, 6.07) is 4.19. The van der Waals surface area contributed by atoms with Gasteiger partial charge in [0.1, 0.15) is 5.65 Å². The minimum Gasteiger partial charge on any atom is -0.378 e. The van der Waals surface area contributed by atoms with Crippen molar-refractivity contribution in [3.63, 3.8) is 0 Å². The van der Waals surface area contributed by atoms with Gasteiger partial charge in [0.2, 0.25) is 5.91 Å². The third kappa shape index (κ3) is 2.51. The van der Waals surface area contributed by atoms with Crippen molar-refractivity contribution in [3.8, 4) is 0 Å². The predicted octanol–water partition coefficient (Wildman–Crippen LogP) is 2.96. The molecule has 2 aromatic heterocycles. The zero-order chi connectivity index (χ0) is 16.6. The predicted molar refractivity (Wildman–Crippen MR) is 92.7 cm³/mol. The van der Waals surface area contributed by atoms with Crippen molar-refractivity contribution < 1.29 is 9.53 Å². The Hall–Kier alpha value is -1.88. The smallest absolute Gasteiger partial charge is 0.224 e. The van der Waals surface area contributed by atoms with E-state index in [1.54, 1.807) is 6.20 Å². The van der Waals surface area contributed by atoms with E-state index in [0.29, 0.717) is 12.5 Å². The zero-order valence-corrected chi connectivity index (χ0v) is 14.2. The van der Waals surface area contributed by atoms with E-state index in [0.717, 1.165) is 29.6 Å². The highest BCUT2D eigenvalue weighted by Gasteiger charge is 2.57. The Balaban J connectivity index is 1.43. The van der Waals surface area contributed by atoms with Gasteiger partial charge in [-0.2, -0.15) is 0 Å². The van der Waals surface area contributed by atoms with E-state index in [4.69, 9.17) is 4.74 Å². The Labute approximate surface area is 142 Å². The summed E-state index contributed by atoms with van der Waals surface area (Å²) in [5.74, 6) is 0.103. The SMILES string of the molecule is CCO[C@@H]1C[C@@H](NC(=O)Cc2c[nH]c3ncccc23)C12CCCC2. The number of fused-ring (bicyclic) bond motifs is 1. The van der Waals surface area contributed by atoms with Gasteiger partial charge >= 0.3 is 0 Å². The van der Waals surface area contributed by atoms with Crippen molar-refractivity contribution >= 4 is 16.9 Å². The third-order valence-electron chi connectivity index (χ3n) is 5.91. The van der Waals surface area contributed by atoms with Crippen LogP contribution in [0.15, 0.2) is 24.5 Å². The van der Waals surface area contributed by atoms with Crippen molar-refractivity contribution in [1.82, 2.24) is 15.3 Å². The number of carbonyl (C=O) groups is 1. The fraction of sp³-hybridized carbons (Fsp3) is 0.579. The standard InChI is InChI=1S/C19H25N3O2/c1-2-24-16-11-15(19(16)7-3-4-8-19)22-17(23)10-13-12-21-18-14(13)6-5-9-20-18/h5-6,9,12,15-16H,2-4,7-8,10-11H2,1H3,(H,20,21)(H,22,23)/t15-,16-/m1/s1. The molecule has 2 aliphatic carbocycles. The summed E-state index contributed by atoms with van der Waals surface area (Å²) in [6.45, 7) is 2.81. The average Bonchev–Trinajstić information content (AvgIpc) is 3.23. The van der Waals surface area contributed by atoms with Crippen LogP contribution in [0.25, 0.3) is 11.0 Å². The molecule has 0 aliphatic heterocycles. The van der Waals surface area contributed by atoms with Crippen LogP contribution in [-0.2, 0) is 16.0 Å². The number of nitrogens with one attached hydrogen (secondary N) is 2. The maximum absolute atomic E-state index is 12.6. The van der Waals surface area contributed by atoms with Gasteiger partial charge in [0.15, 0.2) is 0 Å². The summed E-state index contributed by atoms with van der Waals surface area (Å²) < 4.78 is 5.93. The molecule has 24 heavy (non-hydrogen) atoms. The van der Waals surface area contributed by atoms with Crippen LogP contribution in [0.2, 0.25) is 0 Å². The molecule has 1 amide bonds. The van der Waals surface area contributed by atoms with Crippen molar-refractivity contribution in [3.05, 3.63) is 30.1 Å². The van der Waals surface area contributed by atoms with Crippen LogP contribution in [0.4, 0.5) is 0 Å². The molecule has 2 aliphatic rings. The summed E-state index contributed by atoms with van der Waals surface area (Å²) in [5, 5.41) is 4.32. The number of aromatic nitrogens is 2. The lowest BCUT2D eigenvalue weighted by Gasteiger charge is -2.54. The zero-order valence-electron chi connectivity index (χ0n) is 14.2. The molecule has 5 heteroatoms. The second-order valence-electron chi connectivity index (χ2n) is 7.13. The maximum Gasteiger partial charge on any atom is 0.224 e. The molecule has 5 nitrogen and oxygen atoms in total. The van der Waals surface area contributed by atoms with Crippen LogP contribution in [0, 0.1) is 5.41 Å². The molecule has 2 aromatic rings. The molecule has 128 valence electrons. The Morgan fingerprint density at radius 2 is 2.29 bits per heavy atom. The summed E-state index contributed by atoms with van der Waals surface area (Å²) in [6.07, 6.45) is 10.2. The molecule has 0 unspecified atom stereocenters. The number of H-pyrrole nitrogens is 1. The lowest BCUT2D eigenvalue weighted by atomic mass is 9.60. The molecular weight excluding hydrogens is 302 g/mol. The van der Waals surface area contributed by atoms with Gasteiger partial charge in [0.05, 0.1) is 12.5 Å². The molecule has 2 N–H and O–H groups in total. The number of aromatic amines is 1. The first-order chi connectivity index (χ1) is 11.7. The summed E-state index contributed by atoms with van der Waals surface area (Å²) >= 11 is 0. The normalized spacial score (nSPS) is 25.0. The Kier molecular flexibility index (Phi) is 4.04. The summed E-state index contributed by atoms with van der Waals surface area (Å²) in [5.41, 5.74) is 2.04. The third-order valence-corrected chi connectivity index (χ3v) is 5.91. The highest BCUT2D eigenvalue weighted by atomic mass is 16.5. The van der Waals surface area contributed by atoms with E-state index in [1.165, 1.54) is 25.7 Å². The van der Waals surface area contributed by atoms with Crippen molar-refractivity contribution in [1.29, 1.82) is 0 Å². The fourth-order valence-corrected chi connectivity index (χ4v) is 4.67. The first-order valence-corrected chi connectivity index (χ1v) is 9.05. The van der Waals surface area contributed by atoms with Gasteiger partial charge in [0.25, 0.3) is 0 Å². The first-order valence-electron chi connectivity index (χ1n) is 9.05. The van der Waals surface area contributed by atoms with E-state index < -0.39 is 0 Å². The molecule has 2 saturated carbocycles. The highest BCUT2D eigenvalue weighted by molar-refractivity contribution is 5.87. The van der Waals surface area contributed by atoms with E-state index in [-0.39, 0.29) is 17.4 Å². The van der Waals surface area contributed by atoms with Gasteiger partial charge < -0.3 is 15.0 Å². The number of nitrogens with zero attached hydrogens (tertiary/aromatic N) is 1. The molecule has 0 saturated heterocycles. The Morgan fingerprint density at radius 3 is 3.08 bits per heavy atom. The largest absolute Gasteiger partial charge is 0.378 e. The number of ether oxygens (including phenoxy) is 1. The number of pyridine rings is 1. The van der Waals surface area contributed by atoms with Crippen molar-refractivity contribution in [2.24, 2.45) is 5.41 Å². The second-order valence-corrected chi connectivity index (χ2v) is 7.13. The van der Waals surface area contributed by atoms with Crippen LogP contribution in [-0.4, -0.2) is 34.6 Å². The molecule has 4 rings (SSSR count). The topological polar surface area (TPSA) is 67.0 Å². The van der Waals surface area contributed by atoms with Crippen LogP contribution in [0.3, 0.4) is 0 Å². The lowest BCUT2D eigenvalue weighted by Crippen LogP contribution is -2.63. The molecule has 0 radical (unpaired) electrons. The van der Waals surface area contributed by atoms with E-state index in [9.17, 15) is 4.79 Å². The summed E-state index contributed by atoms with van der Waals surface area (Å²) in [4.78, 5) is 20.0. The minimum atomic E-state index is 0.103. The summed E-state index contributed by atoms with van der Waals surface area (Å²) in [7, 11) is 0. The number of hydrogen-bond acceptors (Lipinski definition) is 3. The van der Waals surface area contributed by atoms with Gasteiger partial charge in [-0.25, -0.2) is 4.98 Å². The molecular formula is C19H25N3O2. The lowest BCUT2D eigenvalue weighted by molar-refractivity contribution is -0.143. The van der Waals surface area contributed by atoms with Crippen molar-refractivity contribution in [2.75, 3.05) is 6.61 Å². The molecule has 1 spiro atoms. The highest BCUT2D eigenvalue weighted by Crippen LogP contribution is 2.54. The van der Waals surface area contributed by atoms with Crippen LogP contribution in [0.5, 0.6) is 0 Å². The quantitative estimate of drug-likeness (QED) is 0.887. The van der Waals surface area contributed by atoms with Crippen molar-refractivity contribution in [2.45, 2.75) is 57.6 Å². The molecule has 2 heterocycles. The molecule has 0 aromatic carbocycles. The van der Waals surface area contributed by atoms with Gasteiger partial charge in [-0.15, -0.1) is 0 Å². The maximum atomic E-state index is 12.6. The number of hydrogen-bond donors (Lipinski definition) is 2. The van der Waals surface area contributed by atoms with Gasteiger partial charge in [-0.05, 0) is 43.9 Å². The Bertz CT molecular complexity index is 733. The second kappa shape index (κ2) is 6.20. The fourth-order valence-electron chi connectivity index (χ4n) is 4.67. The minimum absolute atomic E-state index is 0.103. The van der Waals surface area contributed by atoms with Crippen LogP contribution >= 0.6 is 0 Å². The van der Waals surface area contributed by atoms with E-state index >= 15 is 0 Å². The van der Waals surface area contributed by atoms with Crippen LogP contribution < -0.4 is 5.32 Å². The molecule has 2 atom stereocenters. The van der Waals surface area contributed by atoms with Gasteiger partial charge in [0, 0.05) is 35.8 Å². The average molecular weight is 327 g/mol. The van der Waals surface area contributed by atoms with Gasteiger partial charge in [-0.3, -0.25) is 4.79 Å². The number of carbonyl (C=O) groups excluding carboxylic acids is 1. The van der Waals surface area contributed by atoms with Gasteiger partial charge in [-0.1, -0.05) is 12.8 Å². The molecule has 2 fully saturated rings. The van der Waals surface area contributed by atoms with E-state index in [2.05, 4.69) is 22.2 Å². The van der Waals surface area contributed by atoms with Crippen LogP contribution in [0.1, 0.15) is 44.6 Å². The monoisotopic (exact) mass is 327 g/mol. The number of amides is 1.